The molecule has 2 unspecified atom stereocenters. The van der Waals surface area contributed by atoms with Crippen LogP contribution in [0.15, 0.2) is 18.2 Å². The van der Waals surface area contributed by atoms with Crippen molar-refractivity contribution in [2.45, 2.75) is 38.3 Å². The highest BCUT2D eigenvalue weighted by atomic mass is 16.5. The number of nitrogens with one attached hydrogen (secondary N) is 1. The predicted molar refractivity (Wildman–Crippen MR) is 79.5 cm³/mol. The molecule has 0 heterocycles. The van der Waals surface area contributed by atoms with Crippen LogP contribution >= 0.6 is 0 Å². The second kappa shape index (κ2) is 7.09. The molecular formula is C16H21N3O2. The van der Waals surface area contributed by atoms with Crippen LogP contribution < -0.4 is 15.8 Å². The summed E-state index contributed by atoms with van der Waals surface area (Å²) in [6.07, 6.45) is 4.01. The number of carbonyl (C=O) groups excluding carboxylic acids is 1. The van der Waals surface area contributed by atoms with Gasteiger partial charge in [0.1, 0.15) is 11.8 Å². The van der Waals surface area contributed by atoms with Crippen LogP contribution in [0, 0.1) is 17.2 Å². The summed E-state index contributed by atoms with van der Waals surface area (Å²) in [5, 5.41) is 12.5. The van der Waals surface area contributed by atoms with Gasteiger partial charge >= 0.3 is 0 Å². The predicted octanol–water partition coefficient (Wildman–Crippen LogP) is 1.70. The Morgan fingerprint density at radius 1 is 1.48 bits per heavy atom. The summed E-state index contributed by atoms with van der Waals surface area (Å²) in [4.78, 5) is 11.5. The minimum atomic E-state index is -0.223. The minimum absolute atomic E-state index is 0.0903. The minimum Gasteiger partial charge on any atom is -0.495 e. The lowest BCUT2D eigenvalue weighted by Crippen LogP contribution is -2.44. The van der Waals surface area contributed by atoms with Gasteiger partial charge in [-0.15, -0.1) is 0 Å². The van der Waals surface area contributed by atoms with Crippen LogP contribution in [0.25, 0.3) is 0 Å². The average Bonchev–Trinajstić information content (AvgIpc) is 2.52. The molecule has 5 heteroatoms. The zero-order valence-corrected chi connectivity index (χ0v) is 12.3. The fourth-order valence-electron chi connectivity index (χ4n) is 2.92. The summed E-state index contributed by atoms with van der Waals surface area (Å²) in [7, 11) is 1.55. The highest BCUT2D eigenvalue weighted by molar-refractivity contribution is 5.77. The van der Waals surface area contributed by atoms with Crippen molar-refractivity contribution < 1.29 is 9.53 Å². The summed E-state index contributed by atoms with van der Waals surface area (Å²) in [6.45, 7) is 0.618. The number of hydrogen-bond donors (Lipinski definition) is 2. The van der Waals surface area contributed by atoms with Crippen molar-refractivity contribution >= 4 is 5.91 Å². The number of methoxy groups -OCH3 is 1. The number of ether oxygens (including phenoxy) is 1. The van der Waals surface area contributed by atoms with E-state index in [0.29, 0.717) is 17.9 Å². The Morgan fingerprint density at radius 3 is 2.90 bits per heavy atom. The molecule has 1 fully saturated rings. The summed E-state index contributed by atoms with van der Waals surface area (Å²) in [5.74, 6) is 0.265. The van der Waals surface area contributed by atoms with Crippen molar-refractivity contribution in [2.24, 2.45) is 11.7 Å². The Labute approximate surface area is 125 Å². The van der Waals surface area contributed by atoms with Crippen molar-refractivity contribution in [3.8, 4) is 11.8 Å². The molecule has 112 valence electrons. The standard InChI is InChI=1S/C16H21N3O2/c1-21-15-7-6-11(8-12(15)9-17)10-19-14-5-3-2-4-13(14)16(18)20/h6-8,13-14,19H,2-5,10H2,1H3,(H2,18,20). The van der Waals surface area contributed by atoms with E-state index in [4.69, 9.17) is 15.7 Å². The monoisotopic (exact) mass is 287 g/mol. The molecule has 0 saturated heterocycles. The van der Waals surface area contributed by atoms with Gasteiger partial charge in [-0.3, -0.25) is 4.79 Å². The van der Waals surface area contributed by atoms with Crippen molar-refractivity contribution in [2.75, 3.05) is 7.11 Å². The summed E-state index contributed by atoms with van der Waals surface area (Å²) in [5.41, 5.74) is 6.99. The molecule has 0 spiro atoms. The van der Waals surface area contributed by atoms with Gasteiger partial charge in [0, 0.05) is 12.6 Å². The maximum Gasteiger partial charge on any atom is 0.222 e. The highest BCUT2D eigenvalue weighted by Gasteiger charge is 2.28. The maximum atomic E-state index is 11.5. The molecule has 5 nitrogen and oxygen atoms in total. The van der Waals surface area contributed by atoms with Gasteiger partial charge in [-0.2, -0.15) is 5.26 Å². The van der Waals surface area contributed by atoms with Crippen LogP contribution in [0.2, 0.25) is 0 Å². The van der Waals surface area contributed by atoms with Gasteiger partial charge in [-0.1, -0.05) is 18.9 Å². The Kier molecular flexibility index (Phi) is 5.18. The molecular weight excluding hydrogens is 266 g/mol. The smallest absolute Gasteiger partial charge is 0.222 e. The van der Waals surface area contributed by atoms with Gasteiger partial charge in [-0.05, 0) is 30.5 Å². The number of hydrogen-bond acceptors (Lipinski definition) is 4. The zero-order chi connectivity index (χ0) is 15.2. The number of rotatable bonds is 5. The van der Waals surface area contributed by atoms with Crippen LogP contribution in [-0.4, -0.2) is 19.1 Å². The first-order chi connectivity index (χ1) is 10.2. The van der Waals surface area contributed by atoms with E-state index in [1.807, 2.05) is 12.1 Å². The fraction of sp³-hybridized carbons (Fsp3) is 0.500. The van der Waals surface area contributed by atoms with Gasteiger partial charge in [0.05, 0.1) is 18.6 Å². The summed E-state index contributed by atoms with van der Waals surface area (Å²) < 4.78 is 5.13. The lowest BCUT2D eigenvalue weighted by atomic mass is 9.84. The first-order valence-corrected chi connectivity index (χ1v) is 7.25. The molecule has 2 rings (SSSR count). The van der Waals surface area contributed by atoms with E-state index in [9.17, 15) is 4.79 Å². The zero-order valence-electron chi connectivity index (χ0n) is 12.3. The van der Waals surface area contributed by atoms with Gasteiger partial charge in [0.2, 0.25) is 5.91 Å². The number of nitrogens with two attached hydrogens (primary N) is 1. The molecule has 1 aliphatic rings. The molecule has 1 aromatic rings. The molecule has 1 aromatic carbocycles. The molecule has 2 atom stereocenters. The van der Waals surface area contributed by atoms with Crippen LogP contribution in [0.3, 0.4) is 0 Å². The first kappa shape index (κ1) is 15.3. The van der Waals surface area contributed by atoms with Gasteiger partial charge < -0.3 is 15.8 Å². The molecule has 0 aliphatic heterocycles. The molecule has 1 amide bonds. The number of carbonyl (C=O) groups is 1. The SMILES string of the molecule is COc1ccc(CNC2CCCCC2C(N)=O)cc1C#N. The van der Waals surface area contributed by atoms with Crippen LogP contribution in [0.4, 0.5) is 0 Å². The number of benzene rings is 1. The second-order valence-electron chi connectivity index (χ2n) is 5.43. The first-order valence-electron chi connectivity index (χ1n) is 7.25. The largest absolute Gasteiger partial charge is 0.495 e. The Morgan fingerprint density at radius 2 is 2.24 bits per heavy atom. The molecule has 0 radical (unpaired) electrons. The van der Waals surface area contributed by atoms with Gasteiger partial charge in [-0.25, -0.2) is 0 Å². The van der Waals surface area contributed by atoms with E-state index in [1.165, 1.54) is 0 Å². The topological polar surface area (TPSA) is 88.1 Å². The number of nitrogens with zero attached hydrogens (tertiary/aromatic N) is 1. The third kappa shape index (κ3) is 3.73. The number of amides is 1. The normalized spacial score (nSPS) is 21.5. The Balaban J connectivity index is 2.02. The van der Waals surface area contributed by atoms with E-state index in [0.717, 1.165) is 31.2 Å². The molecule has 0 bridgehead atoms. The molecule has 21 heavy (non-hydrogen) atoms. The lowest BCUT2D eigenvalue weighted by molar-refractivity contribution is -0.123. The third-order valence-electron chi connectivity index (χ3n) is 4.08. The number of primary amides is 1. The maximum absolute atomic E-state index is 11.5. The van der Waals surface area contributed by atoms with E-state index in [-0.39, 0.29) is 17.9 Å². The average molecular weight is 287 g/mol. The van der Waals surface area contributed by atoms with Crippen LogP contribution in [0.1, 0.15) is 36.8 Å². The Bertz CT molecular complexity index is 551. The molecule has 1 saturated carbocycles. The van der Waals surface area contributed by atoms with E-state index >= 15 is 0 Å². The fourth-order valence-corrected chi connectivity index (χ4v) is 2.92. The molecule has 1 aliphatic carbocycles. The summed E-state index contributed by atoms with van der Waals surface area (Å²) in [6, 6.07) is 7.79. The van der Waals surface area contributed by atoms with Crippen molar-refractivity contribution in [3.05, 3.63) is 29.3 Å². The van der Waals surface area contributed by atoms with Crippen LogP contribution in [0.5, 0.6) is 5.75 Å². The highest BCUT2D eigenvalue weighted by Crippen LogP contribution is 2.25. The Hall–Kier alpha value is -2.06. The molecule has 3 N–H and O–H groups in total. The second-order valence-corrected chi connectivity index (χ2v) is 5.43. The van der Waals surface area contributed by atoms with Gasteiger partial charge in [0.25, 0.3) is 0 Å². The lowest BCUT2D eigenvalue weighted by Gasteiger charge is -2.30. The molecule has 0 aromatic heterocycles. The van der Waals surface area contributed by atoms with Gasteiger partial charge in [0.15, 0.2) is 0 Å². The van der Waals surface area contributed by atoms with E-state index in [1.54, 1.807) is 13.2 Å². The van der Waals surface area contributed by atoms with E-state index in [2.05, 4.69) is 11.4 Å². The van der Waals surface area contributed by atoms with Crippen molar-refractivity contribution in [1.29, 1.82) is 5.26 Å². The number of nitriles is 1. The van der Waals surface area contributed by atoms with E-state index < -0.39 is 0 Å². The van der Waals surface area contributed by atoms with Crippen LogP contribution in [-0.2, 0) is 11.3 Å². The van der Waals surface area contributed by atoms with Crippen molar-refractivity contribution in [3.63, 3.8) is 0 Å². The third-order valence-corrected chi connectivity index (χ3v) is 4.08. The van der Waals surface area contributed by atoms with Crippen molar-refractivity contribution in [1.82, 2.24) is 5.32 Å². The quantitative estimate of drug-likeness (QED) is 0.862. The summed E-state index contributed by atoms with van der Waals surface area (Å²) >= 11 is 0.